The summed E-state index contributed by atoms with van der Waals surface area (Å²) < 4.78 is 15.3. The molecular weight excluding hydrogens is 310 g/mol. The Labute approximate surface area is 139 Å². The van der Waals surface area contributed by atoms with Crippen LogP contribution < -0.4 is 10.1 Å². The Morgan fingerprint density at radius 2 is 2.04 bits per heavy atom. The molecule has 2 aromatic rings. The molecule has 0 aliphatic rings. The number of hydrogen-bond acceptors (Lipinski definition) is 5. The van der Waals surface area contributed by atoms with E-state index < -0.39 is 11.9 Å². The summed E-state index contributed by atoms with van der Waals surface area (Å²) in [5.41, 5.74) is 0.240. The van der Waals surface area contributed by atoms with Gasteiger partial charge in [-0.2, -0.15) is 0 Å². The number of rotatable bonds is 7. The van der Waals surface area contributed by atoms with Crippen LogP contribution in [0.1, 0.15) is 16.1 Å². The van der Waals surface area contributed by atoms with Crippen LogP contribution in [-0.2, 0) is 9.53 Å². The number of carbonyl (C=O) groups excluding carboxylic acids is 2. The molecule has 0 fully saturated rings. The zero-order valence-electron chi connectivity index (χ0n) is 13.2. The predicted molar refractivity (Wildman–Crippen MR) is 88.3 cm³/mol. The number of amides is 1. The lowest BCUT2D eigenvalue weighted by molar-refractivity contribution is -0.138. The molecule has 0 aliphatic carbocycles. The SMILES string of the molecule is C=CCOC(=O)C(=Cc1ccco1)NC(=O)c1ccccc1OC. The minimum Gasteiger partial charge on any atom is -0.496 e. The molecule has 0 aliphatic heterocycles. The van der Waals surface area contributed by atoms with Crippen LogP contribution >= 0.6 is 0 Å². The first-order valence-electron chi connectivity index (χ1n) is 7.13. The fraction of sp³-hybridized carbons (Fsp3) is 0.111. The number of benzene rings is 1. The fourth-order valence-electron chi connectivity index (χ4n) is 1.90. The molecule has 0 saturated heterocycles. The van der Waals surface area contributed by atoms with Gasteiger partial charge in [-0.15, -0.1) is 0 Å². The topological polar surface area (TPSA) is 77.8 Å². The monoisotopic (exact) mass is 327 g/mol. The first-order chi connectivity index (χ1) is 11.7. The van der Waals surface area contributed by atoms with E-state index in [9.17, 15) is 9.59 Å². The third-order valence-corrected chi connectivity index (χ3v) is 2.98. The smallest absolute Gasteiger partial charge is 0.355 e. The van der Waals surface area contributed by atoms with Crippen LogP contribution in [0.3, 0.4) is 0 Å². The zero-order chi connectivity index (χ0) is 17.4. The molecular formula is C18H17NO5. The summed E-state index contributed by atoms with van der Waals surface area (Å²) in [5, 5.41) is 2.53. The highest BCUT2D eigenvalue weighted by Gasteiger charge is 2.18. The van der Waals surface area contributed by atoms with Gasteiger partial charge in [-0.25, -0.2) is 4.79 Å². The van der Waals surface area contributed by atoms with E-state index in [1.165, 1.54) is 25.5 Å². The van der Waals surface area contributed by atoms with E-state index in [-0.39, 0.29) is 12.3 Å². The summed E-state index contributed by atoms with van der Waals surface area (Å²) in [6.07, 6.45) is 4.28. The summed E-state index contributed by atoms with van der Waals surface area (Å²) in [5.74, 6) is -0.400. The Kier molecular flexibility index (Phi) is 5.96. The van der Waals surface area contributed by atoms with E-state index in [2.05, 4.69) is 11.9 Å². The number of hydrogen-bond donors (Lipinski definition) is 1. The Balaban J connectivity index is 2.26. The molecule has 1 aromatic heterocycles. The fourth-order valence-corrected chi connectivity index (χ4v) is 1.90. The molecule has 0 bridgehead atoms. The molecule has 0 unspecified atom stereocenters. The maximum absolute atomic E-state index is 12.5. The Bertz CT molecular complexity index is 747. The number of furan rings is 1. The highest BCUT2D eigenvalue weighted by Crippen LogP contribution is 2.18. The van der Waals surface area contributed by atoms with Crippen LogP contribution in [0.2, 0.25) is 0 Å². The molecule has 1 heterocycles. The van der Waals surface area contributed by atoms with Gasteiger partial charge in [0.15, 0.2) is 0 Å². The lowest BCUT2D eigenvalue weighted by Gasteiger charge is -2.11. The van der Waals surface area contributed by atoms with Crippen molar-refractivity contribution >= 4 is 18.0 Å². The van der Waals surface area contributed by atoms with E-state index in [0.717, 1.165) is 0 Å². The maximum atomic E-state index is 12.5. The van der Waals surface area contributed by atoms with Crippen molar-refractivity contribution in [1.29, 1.82) is 0 Å². The molecule has 0 spiro atoms. The van der Waals surface area contributed by atoms with Crippen molar-refractivity contribution in [3.63, 3.8) is 0 Å². The standard InChI is InChI=1S/C18H17NO5/c1-3-10-24-18(21)15(12-13-7-6-11-23-13)19-17(20)14-8-4-5-9-16(14)22-2/h3-9,11-12H,1,10H2,2H3,(H,19,20). The van der Waals surface area contributed by atoms with Crippen molar-refractivity contribution in [2.45, 2.75) is 0 Å². The van der Waals surface area contributed by atoms with E-state index in [0.29, 0.717) is 17.1 Å². The van der Waals surface area contributed by atoms with Crippen molar-refractivity contribution in [2.75, 3.05) is 13.7 Å². The van der Waals surface area contributed by atoms with Gasteiger partial charge in [0.2, 0.25) is 0 Å². The van der Waals surface area contributed by atoms with Gasteiger partial charge in [-0.05, 0) is 24.3 Å². The minimum absolute atomic E-state index is 0.0266. The van der Waals surface area contributed by atoms with Crippen LogP contribution in [0, 0.1) is 0 Å². The van der Waals surface area contributed by atoms with Gasteiger partial charge in [-0.3, -0.25) is 4.79 Å². The van der Waals surface area contributed by atoms with Gasteiger partial charge in [0.05, 0.1) is 18.9 Å². The van der Waals surface area contributed by atoms with Gasteiger partial charge < -0.3 is 19.2 Å². The number of esters is 1. The Morgan fingerprint density at radius 3 is 2.71 bits per heavy atom. The quantitative estimate of drug-likeness (QED) is 0.481. The van der Waals surface area contributed by atoms with Crippen LogP contribution in [0.4, 0.5) is 0 Å². The van der Waals surface area contributed by atoms with Crippen molar-refractivity contribution in [2.24, 2.45) is 0 Å². The normalized spacial score (nSPS) is 10.8. The zero-order valence-corrected chi connectivity index (χ0v) is 13.2. The summed E-state index contributed by atoms with van der Waals surface area (Å²) in [6, 6.07) is 10.0. The molecule has 1 N–H and O–H groups in total. The maximum Gasteiger partial charge on any atom is 0.355 e. The second-order valence-electron chi connectivity index (χ2n) is 4.61. The second-order valence-corrected chi connectivity index (χ2v) is 4.61. The number of ether oxygens (including phenoxy) is 2. The van der Waals surface area contributed by atoms with Crippen LogP contribution in [-0.4, -0.2) is 25.6 Å². The van der Waals surface area contributed by atoms with Crippen molar-refractivity contribution in [1.82, 2.24) is 5.32 Å². The summed E-state index contributed by atoms with van der Waals surface area (Å²) in [6.45, 7) is 3.51. The van der Waals surface area contributed by atoms with Crippen LogP contribution in [0.15, 0.2) is 65.4 Å². The lowest BCUT2D eigenvalue weighted by Crippen LogP contribution is -2.28. The summed E-state index contributed by atoms with van der Waals surface area (Å²) in [7, 11) is 1.46. The van der Waals surface area contributed by atoms with E-state index >= 15 is 0 Å². The Hall–Kier alpha value is -3.28. The third-order valence-electron chi connectivity index (χ3n) is 2.98. The molecule has 124 valence electrons. The number of nitrogens with one attached hydrogen (secondary N) is 1. The second kappa shape index (κ2) is 8.38. The number of methoxy groups -OCH3 is 1. The van der Waals surface area contributed by atoms with E-state index in [1.807, 2.05) is 0 Å². The van der Waals surface area contributed by atoms with Gasteiger partial charge in [0.25, 0.3) is 5.91 Å². The van der Waals surface area contributed by atoms with Crippen LogP contribution in [0.25, 0.3) is 6.08 Å². The van der Waals surface area contributed by atoms with Gasteiger partial charge >= 0.3 is 5.97 Å². The average Bonchev–Trinajstić information content (AvgIpc) is 3.12. The first kappa shape index (κ1) is 17.1. The van der Waals surface area contributed by atoms with E-state index in [4.69, 9.17) is 13.9 Å². The lowest BCUT2D eigenvalue weighted by atomic mass is 10.2. The summed E-state index contributed by atoms with van der Waals surface area (Å²) in [4.78, 5) is 24.6. The first-order valence-corrected chi connectivity index (χ1v) is 7.13. The number of para-hydroxylation sites is 1. The molecule has 2 rings (SSSR count). The van der Waals surface area contributed by atoms with Gasteiger partial charge in [0.1, 0.15) is 23.8 Å². The third kappa shape index (κ3) is 4.36. The molecule has 0 saturated carbocycles. The minimum atomic E-state index is -0.699. The van der Waals surface area contributed by atoms with Crippen molar-refractivity contribution in [3.05, 3.63) is 72.3 Å². The predicted octanol–water partition coefficient (Wildman–Crippen LogP) is 2.79. The van der Waals surface area contributed by atoms with Crippen molar-refractivity contribution < 1.29 is 23.5 Å². The highest BCUT2D eigenvalue weighted by molar-refractivity contribution is 6.04. The average molecular weight is 327 g/mol. The van der Waals surface area contributed by atoms with Crippen molar-refractivity contribution in [3.8, 4) is 5.75 Å². The molecule has 6 nitrogen and oxygen atoms in total. The molecule has 0 atom stereocenters. The molecule has 6 heteroatoms. The Morgan fingerprint density at radius 1 is 1.25 bits per heavy atom. The largest absolute Gasteiger partial charge is 0.496 e. The molecule has 0 radical (unpaired) electrons. The van der Waals surface area contributed by atoms with Gasteiger partial charge in [-0.1, -0.05) is 24.8 Å². The molecule has 1 aromatic carbocycles. The van der Waals surface area contributed by atoms with Crippen LogP contribution in [0.5, 0.6) is 5.75 Å². The highest BCUT2D eigenvalue weighted by atomic mass is 16.5. The van der Waals surface area contributed by atoms with E-state index in [1.54, 1.807) is 36.4 Å². The summed E-state index contributed by atoms with van der Waals surface area (Å²) >= 11 is 0. The molecule has 1 amide bonds. The van der Waals surface area contributed by atoms with Gasteiger partial charge in [0, 0.05) is 6.08 Å². The number of carbonyl (C=O) groups is 2. The molecule has 24 heavy (non-hydrogen) atoms.